The molecule has 0 aliphatic carbocycles. The van der Waals surface area contributed by atoms with Gasteiger partial charge in [-0.15, -0.1) is 0 Å². The third-order valence-corrected chi connectivity index (χ3v) is 18.6. The van der Waals surface area contributed by atoms with Crippen molar-refractivity contribution in [1.82, 2.24) is 0 Å². The van der Waals surface area contributed by atoms with E-state index in [2.05, 4.69) is 48.5 Å². The molecule has 17 nitrogen and oxygen atoms in total. The fraction of sp³-hybridized carbons (Fsp3) is 0.944. The Morgan fingerprint density at radius 1 is 0.322 bits per heavy atom. The second kappa shape index (κ2) is 61.9. The quantitative estimate of drug-likeness (QED) is 0.0222. The highest BCUT2D eigenvalue weighted by Crippen LogP contribution is 2.45. The highest BCUT2D eigenvalue weighted by Gasteiger charge is 2.30. The lowest BCUT2D eigenvalue weighted by Crippen LogP contribution is -2.30. The molecule has 3 unspecified atom stereocenters. The lowest BCUT2D eigenvalue weighted by atomic mass is 10.00. The Balaban J connectivity index is 5.24. The molecule has 90 heavy (non-hydrogen) atoms. The molecule has 0 aliphatic rings. The number of phosphoric acid groups is 2. The van der Waals surface area contributed by atoms with E-state index >= 15 is 0 Å². The minimum Gasteiger partial charge on any atom is -0.462 e. The third kappa shape index (κ3) is 63.5. The average molecular weight is 1330 g/mol. The summed E-state index contributed by atoms with van der Waals surface area (Å²) >= 11 is 0. The molecular weight excluding hydrogens is 1190 g/mol. The summed E-state index contributed by atoms with van der Waals surface area (Å²) in [6.45, 7) is 11.7. The molecule has 19 heteroatoms. The smallest absolute Gasteiger partial charge is 0.462 e. The summed E-state index contributed by atoms with van der Waals surface area (Å²) in [7, 11) is -9.90. The van der Waals surface area contributed by atoms with E-state index in [9.17, 15) is 43.2 Å². The van der Waals surface area contributed by atoms with Crippen LogP contribution in [0.15, 0.2) is 0 Å². The minimum atomic E-state index is -4.95. The monoisotopic (exact) mass is 1320 g/mol. The van der Waals surface area contributed by atoms with Crippen molar-refractivity contribution in [3.63, 3.8) is 0 Å². The van der Waals surface area contributed by atoms with Gasteiger partial charge in [0.25, 0.3) is 0 Å². The van der Waals surface area contributed by atoms with Gasteiger partial charge < -0.3 is 33.8 Å². The summed E-state index contributed by atoms with van der Waals surface area (Å²) in [4.78, 5) is 72.5. The number of aliphatic hydroxyl groups is 1. The number of hydrogen-bond donors (Lipinski definition) is 3. The van der Waals surface area contributed by atoms with Crippen LogP contribution < -0.4 is 0 Å². The first-order chi connectivity index (χ1) is 43.3. The second-order valence-corrected chi connectivity index (χ2v) is 29.7. The van der Waals surface area contributed by atoms with Crippen LogP contribution >= 0.6 is 15.6 Å². The molecule has 0 spiro atoms. The van der Waals surface area contributed by atoms with Crippen LogP contribution in [0.1, 0.15) is 357 Å². The van der Waals surface area contributed by atoms with Crippen LogP contribution in [0.2, 0.25) is 0 Å². The Bertz CT molecular complexity index is 1770. The molecule has 0 radical (unpaired) electrons. The molecule has 0 aromatic heterocycles. The van der Waals surface area contributed by atoms with Crippen LogP contribution in [0.4, 0.5) is 0 Å². The molecule has 0 amide bonds. The molecule has 0 saturated heterocycles. The number of unbranched alkanes of at least 4 members (excludes halogenated alkanes) is 36. The Morgan fingerprint density at radius 3 is 0.844 bits per heavy atom. The van der Waals surface area contributed by atoms with Crippen molar-refractivity contribution in [3.05, 3.63) is 0 Å². The van der Waals surface area contributed by atoms with E-state index in [1.165, 1.54) is 161 Å². The van der Waals surface area contributed by atoms with Crippen molar-refractivity contribution in [2.75, 3.05) is 39.6 Å². The summed E-state index contributed by atoms with van der Waals surface area (Å²) in [5, 5.41) is 10.6. The zero-order valence-corrected chi connectivity index (χ0v) is 60.4. The van der Waals surface area contributed by atoms with E-state index < -0.39 is 97.5 Å². The number of esters is 4. The SMILES string of the molecule is CCCCCCCCCCCCCCCCCC(=O)OC[C@H](COP(=O)(O)OC[C@@H](O)COP(=O)(O)OC[C@@H](COC(=O)CCCCCCCCC(C)C)OC(=O)CCCCCCCCC(C)CC)OC(=O)CCCCCCCCCCCCCCCC(C)C. The van der Waals surface area contributed by atoms with Gasteiger partial charge in [-0.1, -0.05) is 305 Å². The first-order valence-corrected chi connectivity index (χ1v) is 39.9. The summed E-state index contributed by atoms with van der Waals surface area (Å²) in [5.74, 6) is 0.0573. The van der Waals surface area contributed by atoms with Gasteiger partial charge >= 0.3 is 39.5 Å². The molecule has 0 aromatic rings. The van der Waals surface area contributed by atoms with E-state index in [0.29, 0.717) is 31.6 Å². The second-order valence-electron chi connectivity index (χ2n) is 26.8. The molecule has 0 aromatic carbocycles. The van der Waals surface area contributed by atoms with Crippen LogP contribution in [0.3, 0.4) is 0 Å². The molecule has 0 bridgehead atoms. The van der Waals surface area contributed by atoms with Gasteiger partial charge in [-0.05, 0) is 43.4 Å². The topological polar surface area (TPSA) is 237 Å². The van der Waals surface area contributed by atoms with Crippen molar-refractivity contribution >= 4 is 39.5 Å². The lowest BCUT2D eigenvalue weighted by molar-refractivity contribution is -0.161. The Morgan fingerprint density at radius 2 is 0.567 bits per heavy atom. The summed E-state index contributed by atoms with van der Waals surface area (Å²) in [6.07, 6.45) is 46.0. The summed E-state index contributed by atoms with van der Waals surface area (Å²) < 4.78 is 68.3. The minimum absolute atomic E-state index is 0.102. The van der Waals surface area contributed by atoms with Crippen LogP contribution in [0.25, 0.3) is 0 Å². The molecule has 0 heterocycles. The molecule has 6 atom stereocenters. The predicted octanol–water partition coefficient (Wildman–Crippen LogP) is 20.2. The van der Waals surface area contributed by atoms with Crippen molar-refractivity contribution < 1.29 is 80.2 Å². The van der Waals surface area contributed by atoms with Crippen molar-refractivity contribution in [1.29, 1.82) is 0 Å². The van der Waals surface area contributed by atoms with Gasteiger partial charge in [-0.25, -0.2) is 9.13 Å². The maximum absolute atomic E-state index is 13.0. The van der Waals surface area contributed by atoms with Crippen molar-refractivity contribution in [2.45, 2.75) is 375 Å². The fourth-order valence-electron chi connectivity index (χ4n) is 10.7. The van der Waals surface area contributed by atoms with E-state index in [0.717, 1.165) is 108 Å². The van der Waals surface area contributed by atoms with Gasteiger partial charge in [-0.3, -0.25) is 37.3 Å². The summed E-state index contributed by atoms with van der Waals surface area (Å²) in [5.41, 5.74) is 0. The number of aliphatic hydroxyl groups excluding tert-OH is 1. The molecule has 534 valence electrons. The third-order valence-electron chi connectivity index (χ3n) is 16.7. The maximum Gasteiger partial charge on any atom is 0.472 e. The number of hydrogen-bond acceptors (Lipinski definition) is 15. The standard InChI is InChI=1S/C71H138O17P2/c1-8-10-11-12-13-14-15-16-17-20-23-26-29-38-45-52-68(73)81-58-66(87-70(75)54-47-40-30-27-24-21-18-19-22-25-28-35-42-49-62(3)4)60-85-89(77,78)83-56-65(72)57-84-90(79,80)86-61-67(59-82-69(74)53-46-39-33-31-36-43-50-63(5)6)88-71(76)55-48-41-34-32-37-44-51-64(7)9-2/h62-67,72H,8-61H2,1-7H3,(H,77,78)(H,79,80)/t64?,65-,66-,67-/m1/s1. The van der Waals surface area contributed by atoms with Gasteiger partial charge in [0.15, 0.2) is 12.2 Å². The number of ether oxygens (including phenoxy) is 4. The average Bonchev–Trinajstić information content (AvgIpc) is 3.72. The van der Waals surface area contributed by atoms with Crippen LogP contribution in [0, 0.1) is 17.8 Å². The molecule has 0 fully saturated rings. The lowest BCUT2D eigenvalue weighted by Gasteiger charge is -2.21. The first-order valence-electron chi connectivity index (χ1n) is 36.9. The van der Waals surface area contributed by atoms with Gasteiger partial charge in [0, 0.05) is 25.7 Å². The van der Waals surface area contributed by atoms with Crippen LogP contribution in [-0.4, -0.2) is 96.7 Å². The molecule has 0 aliphatic heterocycles. The number of carbonyl (C=O) groups is 4. The van der Waals surface area contributed by atoms with E-state index in [4.69, 9.17) is 37.0 Å². The molecular formula is C71H138O17P2. The predicted molar refractivity (Wildman–Crippen MR) is 363 cm³/mol. The zero-order valence-electron chi connectivity index (χ0n) is 58.6. The van der Waals surface area contributed by atoms with E-state index in [1.807, 2.05) is 0 Å². The van der Waals surface area contributed by atoms with Gasteiger partial charge in [0.05, 0.1) is 26.4 Å². The summed E-state index contributed by atoms with van der Waals surface area (Å²) in [6, 6.07) is 0. The van der Waals surface area contributed by atoms with Crippen LogP contribution in [0.5, 0.6) is 0 Å². The molecule has 0 rings (SSSR count). The molecule has 0 saturated carbocycles. The first kappa shape index (κ1) is 88.1. The van der Waals surface area contributed by atoms with Gasteiger partial charge in [-0.2, -0.15) is 0 Å². The van der Waals surface area contributed by atoms with Crippen molar-refractivity contribution in [3.8, 4) is 0 Å². The largest absolute Gasteiger partial charge is 0.472 e. The Labute approximate surface area is 549 Å². The zero-order chi connectivity index (χ0) is 66.6. The number of carbonyl (C=O) groups excluding carboxylic acids is 4. The highest BCUT2D eigenvalue weighted by molar-refractivity contribution is 7.47. The number of phosphoric ester groups is 2. The normalized spacial score (nSPS) is 14.5. The maximum atomic E-state index is 13.0. The van der Waals surface area contributed by atoms with E-state index in [-0.39, 0.29) is 25.7 Å². The number of rotatable bonds is 69. The van der Waals surface area contributed by atoms with Crippen molar-refractivity contribution in [2.24, 2.45) is 17.8 Å². The van der Waals surface area contributed by atoms with Gasteiger partial charge in [0.1, 0.15) is 19.3 Å². The highest BCUT2D eigenvalue weighted by atomic mass is 31.2. The Hall–Kier alpha value is -1.94. The van der Waals surface area contributed by atoms with E-state index in [1.54, 1.807) is 0 Å². The van der Waals surface area contributed by atoms with Gasteiger partial charge in [0.2, 0.25) is 0 Å². The Kier molecular flexibility index (Phi) is 60.6. The fourth-order valence-corrected chi connectivity index (χ4v) is 12.3. The van der Waals surface area contributed by atoms with Crippen LogP contribution in [-0.2, 0) is 65.4 Å². The molecule has 3 N–H and O–H groups in total.